The number of benzene rings is 1. The lowest BCUT2D eigenvalue weighted by molar-refractivity contribution is -0.116. The van der Waals surface area contributed by atoms with Crippen LogP contribution in [0.1, 0.15) is 12.5 Å². The van der Waals surface area contributed by atoms with Crippen molar-refractivity contribution in [3.05, 3.63) is 40.6 Å². The van der Waals surface area contributed by atoms with Gasteiger partial charge in [-0.05, 0) is 25.1 Å². The highest BCUT2D eigenvalue weighted by atomic mass is 35.5. The van der Waals surface area contributed by atoms with E-state index in [2.05, 4.69) is 10.1 Å². The van der Waals surface area contributed by atoms with Crippen LogP contribution in [-0.2, 0) is 9.53 Å². The second-order valence-corrected chi connectivity index (χ2v) is 4.20. The highest BCUT2D eigenvalue weighted by molar-refractivity contribution is 6.33. The van der Waals surface area contributed by atoms with Gasteiger partial charge in [0.1, 0.15) is 11.6 Å². The SMILES string of the molecule is CCOC(=O)NC(=O)C(C#N)=CNc1ccc(C#N)cc1Cl. The average molecular weight is 319 g/mol. The first-order valence-electron chi connectivity index (χ1n) is 6.06. The van der Waals surface area contributed by atoms with Gasteiger partial charge >= 0.3 is 6.09 Å². The van der Waals surface area contributed by atoms with Gasteiger partial charge in [0.25, 0.3) is 5.91 Å². The summed E-state index contributed by atoms with van der Waals surface area (Å²) in [5.74, 6) is -0.904. The van der Waals surface area contributed by atoms with Crippen LogP contribution in [0.3, 0.4) is 0 Å². The minimum absolute atomic E-state index is 0.101. The second kappa shape index (κ2) is 8.30. The number of alkyl carbamates (subject to hydrolysis) is 1. The van der Waals surface area contributed by atoms with Gasteiger partial charge in [0, 0.05) is 6.20 Å². The molecule has 0 radical (unpaired) electrons. The van der Waals surface area contributed by atoms with Crippen LogP contribution in [0.5, 0.6) is 0 Å². The fraction of sp³-hybridized carbons (Fsp3) is 0.143. The minimum atomic E-state index is -0.940. The van der Waals surface area contributed by atoms with Gasteiger partial charge in [0.15, 0.2) is 0 Å². The van der Waals surface area contributed by atoms with Crippen molar-refractivity contribution in [1.29, 1.82) is 10.5 Å². The Balaban J connectivity index is 2.82. The second-order valence-electron chi connectivity index (χ2n) is 3.80. The monoisotopic (exact) mass is 318 g/mol. The Bertz CT molecular complexity index is 701. The fourth-order valence-corrected chi connectivity index (χ4v) is 1.56. The third kappa shape index (κ3) is 4.82. The number of nitrogens with zero attached hydrogens (tertiary/aromatic N) is 2. The molecular formula is C14H11ClN4O3. The topological polar surface area (TPSA) is 115 Å². The molecule has 0 unspecified atom stereocenters. The molecule has 0 saturated heterocycles. The minimum Gasteiger partial charge on any atom is -0.450 e. The van der Waals surface area contributed by atoms with E-state index in [4.69, 9.17) is 22.1 Å². The van der Waals surface area contributed by atoms with Crippen LogP contribution >= 0.6 is 11.6 Å². The van der Waals surface area contributed by atoms with Gasteiger partial charge in [-0.1, -0.05) is 11.6 Å². The zero-order valence-electron chi connectivity index (χ0n) is 11.5. The number of rotatable bonds is 4. The third-order valence-electron chi connectivity index (χ3n) is 2.33. The van der Waals surface area contributed by atoms with Crippen LogP contribution in [0.4, 0.5) is 10.5 Å². The van der Waals surface area contributed by atoms with Crippen molar-refractivity contribution >= 4 is 29.3 Å². The molecular weight excluding hydrogens is 308 g/mol. The number of carbonyl (C=O) groups excluding carboxylic acids is 2. The Morgan fingerprint density at radius 2 is 2.14 bits per heavy atom. The first-order chi connectivity index (χ1) is 10.5. The molecule has 7 nitrogen and oxygen atoms in total. The summed E-state index contributed by atoms with van der Waals surface area (Å²) >= 11 is 5.94. The first-order valence-corrected chi connectivity index (χ1v) is 6.44. The number of hydrogen-bond donors (Lipinski definition) is 2. The number of amides is 2. The zero-order chi connectivity index (χ0) is 16.5. The van der Waals surface area contributed by atoms with Crippen molar-refractivity contribution < 1.29 is 14.3 Å². The summed E-state index contributed by atoms with van der Waals surface area (Å²) in [6.07, 6.45) is 0.159. The lowest BCUT2D eigenvalue weighted by Gasteiger charge is -2.06. The Morgan fingerprint density at radius 3 is 2.68 bits per heavy atom. The summed E-state index contributed by atoms with van der Waals surface area (Å²) in [6.45, 7) is 1.68. The molecule has 22 heavy (non-hydrogen) atoms. The number of nitrogens with one attached hydrogen (secondary N) is 2. The molecule has 0 spiro atoms. The predicted octanol–water partition coefficient (Wildman–Crippen LogP) is 2.30. The number of ether oxygens (including phenoxy) is 1. The summed E-state index contributed by atoms with van der Waals surface area (Å²) in [5, 5.41) is 22.5. The van der Waals surface area contributed by atoms with Crippen LogP contribution in [0.25, 0.3) is 0 Å². The standard InChI is InChI=1S/C14H11ClN4O3/c1-2-22-14(21)19-13(20)10(7-17)8-18-12-4-3-9(6-16)5-11(12)15/h3-5,8,18H,2H2,1H3,(H,19,20,21). The fourth-order valence-electron chi connectivity index (χ4n) is 1.33. The number of nitriles is 2. The van der Waals surface area contributed by atoms with Crippen LogP contribution in [0.2, 0.25) is 5.02 Å². The number of imide groups is 1. The highest BCUT2D eigenvalue weighted by Crippen LogP contribution is 2.22. The van der Waals surface area contributed by atoms with E-state index >= 15 is 0 Å². The molecule has 0 aliphatic rings. The number of halogens is 1. The van der Waals surface area contributed by atoms with E-state index in [1.165, 1.54) is 18.2 Å². The van der Waals surface area contributed by atoms with Gasteiger partial charge in [0.2, 0.25) is 0 Å². The number of hydrogen-bond acceptors (Lipinski definition) is 6. The van der Waals surface area contributed by atoms with E-state index in [9.17, 15) is 9.59 Å². The molecule has 1 rings (SSSR count). The molecule has 1 aromatic rings. The number of anilines is 1. The van der Waals surface area contributed by atoms with Gasteiger partial charge < -0.3 is 10.1 Å². The quantitative estimate of drug-likeness (QED) is 0.650. The first kappa shape index (κ1) is 17.0. The van der Waals surface area contributed by atoms with Crippen molar-refractivity contribution in [2.75, 3.05) is 11.9 Å². The Hall–Kier alpha value is -3.03. The predicted molar refractivity (Wildman–Crippen MR) is 78.7 cm³/mol. The van der Waals surface area contributed by atoms with Crippen molar-refractivity contribution in [3.63, 3.8) is 0 Å². The summed E-state index contributed by atoms with van der Waals surface area (Å²) in [5.41, 5.74) is 0.436. The Labute approximate surface area is 131 Å². The van der Waals surface area contributed by atoms with Crippen LogP contribution in [-0.4, -0.2) is 18.6 Å². The highest BCUT2D eigenvalue weighted by Gasteiger charge is 2.13. The lowest BCUT2D eigenvalue weighted by atomic mass is 10.2. The molecule has 0 aliphatic heterocycles. The molecule has 112 valence electrons. The van der Waals surface area contributed by atoms with Crippen molar-refractivity contribution in [3.8, 4) is 12.1 Å². The molecule has 0 fully saturated rings. The van der Waals surface area contributed by atoms with E-state index < -0.39 is 12.0 Å². The summed E-state index contributed by atoms with van der Waals surface area (Å²) in [4.78, 5) is 22.8. The lowest BCUT2D eigenvalue weighted by Crippen LogP contribution is -2.32. The summed E-state index contributed by atoms with van der Waals surface area (Å²) in [7, 11) is 0. The smallest absolute Gasteiger partial charge is 0.414 e. The maximum absolute atomic E-state index is 11.6. The molecule has 0 aromatic heterocycles. The molecule has 2 amide bonds. The van der Waals surface area contributed by atoms with Crippen LogP contribution < -0.4 is 10.6 Å². The molecule has 0 atom stereocenters. The van der Waals surface area contributed by atoms with Crippen molar-refractivity contribution in [1.82, 2.24) is 5.32 Å². The Kier molecular flexibility index (Phi) is 6.42. The van der Waals surface area contributed by atoms with E-state index in [0.717, 1.165) is 6.20 Å². The number of carbonyl (C=O) groups is 2. The molecule has 1 aromatic carbocycles. The summed E-state index contributed by atoms with van der Waals surface area (Å²) in [6, 6.07) is 8.05. The molecule has 0 bridgehead atoms. The van der Waals surface area contributed by atoms with Gasteiger partial charge in [-0.3, -0.25) is 10.1 Å². The van der Waals surface area contributed by atoms with Crippen LogP contribution in [0.15, 0.2) is 30.0 Å². The summed E-state index contributed by atoms with van der Waals surface area (Å²) < 4.78 is 4.53. The van der Waals surface area contributed by atoms with Crippen molar-refractivity contribution in [2.45, 2.75) is 6.92 Å². The van der Waals surface area contributed by atoms with Crippen LogP contribution in [0, 0.1) is 22.7 Å². The molecule has 8 heteroatoms. The van der Waals surface area contributed by atoms with E-state index in [1.807, 2.05) is 11.4 Å². The Morgan fingerprint density at radius 1 is 1.41 bits per heavy atom. The molecule has 0 aliphatic carbocycles. The largest absolute Gasteiger partial charge is 0.450 e. The molecule has 0 heterocycles. The van der Waals surface area contributed by atoms with E-state index in [0.29, 0.717) is 11.3 Å². The zero-order valence-corrected chi connectivity index (χ0v) is 12.3. The van der Waals surface area contributed by atoms with Gasteiger partial charge in [-0.25, -0.2) is 4.79 Å². The molecule has 2 N–H and O–H groups in total. The van der Waals surface area contributed by atoms with E-state index in [1.54, 1.807) is 13.0 Å². The van der Waals surface area contributed by atoms with Crippen molar-refractivity contribution in [2.24, 2.45) is 0 Å². The third-order valence-corrected chi connectivity index (χ3v) is 2.64. The van der Waals surface area contributed by atoms with E-state index in [-0.39, 0.29) is 17.2 Å². The van der Waals surface area contributed by atoms with Gasteiger partial charge in [-0.2, -0.15) is 10.5 Å². The average Bonchev–Trinajstić information content (AvgIpc) is 2.49. The normalized spacial score (nSPS) is 10.1. The van der Waals surface area contributed by atoms with Gasteiger partial charge in [0.05, 0.1) is 28.9 Å². The molecule has 0 saturated carbocycles. The maximum Gasteiger partial charge on any atom is 0.414 e. The maximum atomic E-state index is 11.6. The van der Waals surface area contributed by atoms with Gasteiger partial charge in [-0.15, -0.1) is 0 Å².